The van der Waals surface area contributed by atoms with Crippen LogP contribution < -0.4 is 5.73 Å². The molecule has 1 aliphatic heterocycles. The fraction of sp³-hybridized carbons (Fsp3) is 0.625. The molecule has 4 heteroatoms. The normalized spacial score (nSPS) is 18.2. The molecule has 66 valence electrons. The van der Waals surface area contributed by atoms with E-state index in [4.69, 9.17) is 5.73 Å². The highest BCUT2D eigenvalue weighted by molar-refractivity contribution is 6.44. The summed E-state index contributed by atoms with van der Waals surface area (Å²) < 4.78 is 0. The molecule has 0 aromatic rings. The van der Waals surface area contributed by atoms with E-state index in [2.05, 4.69) is 10.2 Å². The second-order valence-corrected chi connectivity index (χ2v) is 3.18. The van der Waals surface area contributed by atoms with Gasteiger partial charge < -0.3 is 5.73 Å². The highest BCUT2D eigenvalue weighted by Crippen LogP contribution is 2.05. The van der Waals surface area contributed by atoms with E-state index in [0.29, 0.717) is 12.1 Å². The van der Waals surface area contributed by atoms with Gasteiger partial charge in [0.15, 0.2) is 5.78 Å². The molecule has 2 N–H and O–H groups in total. The number of hydrogen-bond donors (Lipinski definition) is 1. The Hall–Kier alpha value is -1.03. The zero-order valence-electron chi connectivity index (χ0n) is 7.32. The van der Waals surface area contributed by atoms with Crippen LogP contribution in [-0.4, -0.2) is 23.8 Å². The number of hydrogen-bond acceptors (Lipinski definition) is 4. The lowest BCUT2D eigenvalue weighted by Crippen LogP contribution is -2.39. The van der Waals surface area contributed by atoms with E-state index < -0.39 is 6.04 Å². The van der Waals surface area contributed by atoms with Crippen molar-refractivity contribution in [1.82, 2.24) is 0 Å². The van der Waals surface area contributed by atoms with Crippen LogP contribution in [-0.2, 0) is 4.79 Å². The summed E-state index contributed by atoms with van der Waals surface area (Å²) in [6.45, 7) is 3.83. The van der Waals surface area contributed by atoms with E-state index in [1.54, 1.807) is 6.21 Å². The van der Waals surface area contributed by atoms with Gasteiger partial charge in [-0.25, -0.2) is 0 Å². The number of carbonyl (C=O) groups is 1. The molecular weight excluding hydrogens is 154 g/mol. The van der Waals surface area contributed by atoms with E-state index >= 15 is 0 Å². The molecule has 0 spiro atoms. The maximum atomic E-state index is 11.5. The number of nitrogens with two attached hydrogens (primary N) is 1. The fourth-order valence-corrected chi connectivity index (χ4v) is 0.924. The summed E-state index contributed by atoms with van der Waals surface area (Å²) in [4.78, 5) is 11.5. The van der Waals surface area contributed by atoms with Gasteiger partial charge in [0.05, 0.1) is 6.04 Å². The summed E-state index contributed by atoms with van der Waals surface area (Å²) >= 11 is 0. The van der Waals surface area contributed by atoms with Gasteiger partial charge in [-0.1, -0.05) is 13.8 Å². The Labute approximate surface area is 71.6 Å². The molecule has 0 aromatic heterocycles. The van der Waals surface area contributed by atoms with Crippen molar-refractivity contribution in [3.8, 4) is 0 Å². The molecule has 0 radical (unpaired) electrons. The van der Waals surface area contributed by atoms with Crippen molar-refractivity contribution in [1.29, 1.82) is 0 Å². The summed E-state index contributed by atoms with van der Waals surface area (Å²) in [7, 11) is 0. The largest absolute Gasteiger partial charge is 0.321 e. The first-order valence-electron chi connectivity index (χ1n) is 4.01. The molecule has 0 amide bonds. The summed E-state index contributed by atoms with van der Waals surface area (Å²) in [6.07, 6.45) is 2.14. The molecule has 0 saturated heterocycles. The van der Waals surface area contributed by atoms with Crippen molar-refractivity contribution in [3.05, 3.63) is 0 Å². The number of nitrogens with zero attached hydrogens (tertiary/aromatic N) is 2. The van der Waals surface area contributed by atoms with Gasteiger partial charge in [0.1, 0.15) is 5.71 Å². The summed E-state index contributed by atoms with van der Waals surface area (Å²) in [5, 5.41) is 7.31. The molecule has 0 bridgehead atoms. The van der Waals surface area contributed by atoms with Crippen molar-refractivity contribution < 1.29 is 4.79 Å². The molecular formula is C8H13N3O. The Morgan fingerprint density at radius 1 is 1.67 bits per heavy atom. The quantitative estimate of drug-likeness (QED) is 0.659. The van der Waals surface area contributed by atoms with Crippen molar-refractivity contribution in [3.63, 3.8) is 0 Å². The number of Topliss-reactive ketones (excluding diaryl/α,β-unsaturated/α-hetero) is 1. The molecule has 1 atom stereocenters. The van der Waals surface area contributed by atoms with Gasteiger partial charge in [0.2, 0.25) is 0 Å². The van der Waals surface area contributed by atoms with Gasteiger partial charge in [-0.05, 0) is 5.92 Å². The standard InChI is InChI=1S/C8H13N3O/c1-5(2)7(9)8(12)6-3-4-10-11-6/h4-5,7H,3,9H2,1-2H3. The van der Waals surface area contributed by atoms with E-state index in [0.717, 1.165) is 0 Å². The molecule has 0 saturated carbocycles. The Morgan fingerprint density at radius 3 is 2.75 bits per heavy atom. The van der Waals surface area contributed by atoms with Crippen molar-refractivity contribution in [2.24, 2.45) is 21.9 Å². The SMILES string of the molecule is CC(C)C(N)C(=O)C1=NN=CC1. The number of ketones is 1. The third-order valence-corrected chi connectivity index (χ3v) is 1.85. The Kier molecular flexibility index (Phi) is 2.70. The van der Waals surface area contributed by atoms with Crippen LogP contribution in [0.15, 0.2) is 10.2 Å². The fourth-order valence-electron chi connectivity index (χ4n) is 0.924. The molecule has 0 aliphatic carbocycles. The van der Waals surface area contributed by atoms with Gasteiger partial charge >= 0.3 is 0 Å². The first-order chi connectivity index (χ1) is 5.63. The van der Waals surface area contributed by atoms with Crippen molar-refractivity contribution >= 4 is 17.7 Å². The van der Waals surface area contributed by atoms with Crippen LogP contribution >= 0.6 is 0 Å². The van der Waals surface area contributed by atoms with Gasteiger partial charge in [-0.2, -0.15) is 10.2 Å². The molecule has 12 heavy (non-hydrogen) atoms. The third-order valence-electron chi connectivity index (χ3n) is 1.85. The van der Waals surface area contributed by atoms with E-state index in [-0.39, 0.29) is 11.7 Å². The Balaban J connectivity index is 2.59. The second kappa shape index (κ2) is 3.58. The predicted molar refractivity (Wildman–Crippen MR) is 48.4 cm³/mol. The topological polar surface area (TPSA) is 67.8 Å². The van der Waals surface area contributed by atoms with Crippen LogP contribution in [0.4, 0.5) is 0 Å². The zero-order valence-corrected chi connectivity index (χ0v) is 7.32. The lowest BCUT2D eigenvalue weighted by Gasteiger charge is -2.12. The molecule has 4 nitrogen and oxygen atoms in total. The maximum Gasteiger partial charge on any atom is 0.196 e. The van der Waals surface area contributed by atoms with Crippen molar-refractivity contribution in [2.75, 3.05) is 0 Å². The average Bonchev–Trinajstić information content (AvgIpc) is 2.53. The summed E-state index contributed by atoms with van der Waals surface area (Å²) in [5.74, 6) is 0.0725. The maximum absolute atomic E-state index is 11.5. The molecule has 1 unspecified atom stereocenters. The molecule has 0 aromatic carbocycles. The minimum absolute atomic E-state index is 0.0810. The Bertz CT molecular complexity index is 243. The summed E-state index contributed by atoms with van der Waals surface area (Å²) in [5.41, 5.74) is 6.14. The molecule has 1 aliphatic rings. The number of rotatable bonds is 3. The van der Waals surface area contributed by atoms with Crippen LogP contribution in [0, 0.1) is 5.92 Å². The van der Waals surface area contributed by atoms with Gasteiger partial charge in [0, 0.05) is 12.6 Å². The van der Waals surface area contributed by atoms with Crippen LogP contribution in [0.1, 0.15) is 20.3 Å². The molecule has 0 fully saturated rings. The van der Waals surface area contributed by atoms with Crippen molar-refractivity contribution in [2.45, 2.75) is 26.3 Å². The Morgan fingerprint density at radius 2 is 2.33 bits per heavy atom. The minimum atomic E-state index is -0.439. The van der Waals surface area contributed by atoms with Crippen LogP contribution in [0.2, 0.25) is 0 Å². The number of carbonyl (C=O) groups excluding carboxylic acids is 1. The highest BCUT2D eigenvalue weighted by atomic mass is 16.1. The zero-order chi connectivity index (χ0) is 9.14. The smallest absolute Gasteiger partial charge is 0.196 e. The average molecular weight is 167 g/mol. The van der Waals surface area contributed by atoms with Crippen LogP contribution in [0.3, 0.4) is 0 Å². The monoisotopic (exact) mass is 167 g/mol. The molecule has 1 rings (SSSR count). The van der Waals surface area contributed by atoms with Gasteiger partial charge in [-0.3, -0.25) is 4.79 Å². The first-order valence-corrected chi connectivity index (χ1v) is 4.01. The first kappa shape index (κ1) is 9.06. The lowest BCUT2D eigenvalue weighted by atomic mass is 9.97. The van der Waals surface area contributed by atoms with Crippen LogP contribution in [0.25, 0.3) is 0 Å². The predicted octanol–water partition coefficient (Wildman–Crippen LogP) is 0.369. The molecule has 1 heterocycles. The van der Waals surface area contributed by atoms with Gasteiger partial charge in [0.25, 0.3) is 0 Å². The minimum Gasteiger partial charge on any atom is -0.321 e. The van der Waals surface area contributed by atoms with E-state index in [9.17, 15) is 4.79 Å². The van der Waals surface area contributed by atoms with Crippen LogP contribution in [0.5, 0.6) is 0 Å². The lowest BCUT2D eigenvalue weighted by molar-refractivity contribution is -0.114. The van der Waals surface area contributed by atoms with Gasteiger partial charge in [-0.15, -0.1) is 0 Å². The van der Waals surface area contributed by atoms with E-state index in [1.807, 2.05) is 13.8 Å². The highest BCUT2D eigenvalue weighted by Gasteiger charge is 2.23. The summed E-state index contributed by atoms with van der Waals surface area (Å²) in [6, 6.07) is -0.439. The van der Waals surface area contributed by atoms with E-state index in [1.165, 1.54) is 0 Å². The second-order valence-electron chi connectivity index (χ2n) is 3.18. The third kappa shape index (κ3) is 1.76.